The van der Waals surface area contributed by atoms with Gasteiger partial charge in [-0.05, 0) is 59.9 Å². The molecule has 228 valence electrons. The lowest BCUT2D eigenvalue weighted by molar-refractivity contribution is 0.0619. The summed E-state index contributed by atoms with van der Waals surface area (Å²) in [4.78, 5) is 30.2. The number of carbonyl (C=O) groups excluding carboxylic acids is 2. The molecule has 2 aromatic carbocycles. The van der Waals surface area contributed by atoms with Crippen LogP contribution in [0.5, 0.6) is 0 Å². The largest absolute Gasteiger partial charge is 0.447 e. The number of alkyl carbamates (subject to hydrolysis) is 1. The Labute approximate surface area is 258 Å². The van der Waals surface area contributed by atoms with E-state index in [-0.39, 0.29) is 31.9 Å². The summed E-state index contributed by atoms with van der Waals surface area (Å²) in [5.74, 6) is -1.46. The number of pyridine rings is 1. The lowest BCUT2D eigenvalue weighted by Gasteiger charge is -2.34. The second-order valence-corrected chi connectivity index (χ2v) is 11.4. The molecule has 0 unspecified atom stereocenters. The summed E-state index contributed by atoms with van der Waals surface area (Å²) >= 11 is 7.40. The van der Waals surface area contributed by atoms with Gasteiger partial charge in [0.25, 0.3) is 5.91 Å². The summed E-state index contributed by atoms with van der Waals surface area (Å²) in [5, 5.41) is 2.29. The first-order valence-electron chi connectivity index (χ1n) is 14.0. The highest BCUT2D eigenvalue weighted by atomic mass is 35.5. The van der Waals surface area contributed by atoms with Crippen molar-refractivity contribution in [2.75, 3.05) is 27.4 Å². The van der Waals surface area contributed by atoms with Gasteiger partial charge in [-0.1, -0.05) is 49.1 Å². The minimum Gasteiger partial charge on any atom is -0.447 e. The first kappa shape index (κ1) is 32.3. The van der Waals surface area contributed by atoms with Crippen LogP contribution in [0.25, 0.3) is 21.2 Å². The van der Waals surface area contributed by atoms with Crippen molar-refractivity contribution in [2.45, 2.75) is 44.7 Å². The molecule has 0 radical (unpaired) electrons. The molecular formula is C32H34ClF2N3O4S. The van der Waals surface area contributed by atoms with Crippen LogP contribution in [-0.4, -0.2) is 55.3 Å². The normalized spacial score (nSPS) is 13.2. The third kappa shape index (κ3) is 8.28. The molecule has 5 rings (SSSR count). The van der Waals surface area contributed by atoms with E-state index in [1.807, 2.05) is 35.2 Å². The van der Waals surface area contributed by atoms with Gasteiger partial charge in [0.05, 0.1) is 21.7 Å². The monoisotopic (exact) mass is 629 g/mol. The van der Waals surface area contributed by atoms with Gasteiger partial charge in [-0.2, -0.15) is 0 Å². The van der Waals surface area contributed by atoms with Crippen molar-refractivity contribution >= 4 is 45.0 Å². The highest BCUT2D eigenvalue weighted by molar-refractivity contribution is 7.21. The van der Waals surface area contributed by atoms with Gasteiger partial charge in [0, 0.05) is 39.1 Å². The maximum atomic E-state index is 14.4. The number of nitrogens with one attached hydrogen (secondary N) is 1. The zero-order chi connectivity index (χ0) is 30.8. The summed E-state index contributed by atoms with van der Waals surface area (Å²) < 4.78 is 38.1. The number of halogens is 3. The van der Waals surface area contributed by atoms with Crippen molar-refractivity contribution in [1.82, 2.24) is 15.2 Å². The predicted molar refractivity (Wildman–Crippen MR) is 165 cm³/mol. The lowest BCUT2D eigenvalue weighted by Crippen LogP contribution is -2.40. The van der Waals surface area contributed by atoms with Crippen molar-refractivity contribution in [3.8, 4) is 11.1 Å². The van der Waals surface area contributed by atoms with Crippen molar-refractivity contribution in [1.29, 1.82) is 0 Å². The van der Waals surface area contributed by atoms with E-state index in [0.717, 1.165) is 72.3 Å². The molecule has 11 heteroatoms. The number of thiophene rings is 1. The molecule has 0 spiro atoms. The van der Waals surface area contributed by atoms with E-state index in [1.54, 1.807) is 19.5 Å². The van der Waals surface area contributed by atoms with Crippen LogP contribution in [0.15, 0.2) is 60.9 Å². The average Bonchev–Trinajstić information content (AvgIpc) is 3.41. The van der Waals surface area contributed by atoms with E-state index in [1.165, 1.54) is 7.05 Å². The van der Waals surface area contributed by atoms with Crippen molar-refractivity contribution < 1.29 is 27.8 Å². The quantitative estimate of drug-likeness (QED) is 0.201. The number of hydrogen-bond acceptors (Lipinski definition) is 6. The number of carbonyl (C=O) groups is 2. The standard InChI is InChI=1S/C27H23ClF2N2OS.C5H11NO3/c28-24-23-21(29)9-10-22(30)25(23)34-26(24)27(33)32(20-7-2-1-3-8-20)16-17-5-4-6-19(15-17)18-11-13-31-14-12-18;1-6-5(7)9-4-3-8-2/h4-6,9-15,20H,1-3,7-8,16H2;3-4H2,1-2H3,(H,6,7). The van der Waals surface area contributed by atoms with E-state index in [2.05, 4.69) is 25.8 Å². The van der Waals surface area contributed by atoms with E-state index >= 15 is 0 Å². The van der Waals surface area contributed by atoms with Crippen LogP contribution >= 0.6 is 22.9 Å². The lowest BCUT2D eigenvalue weighted by atomic mass is 9.93. The summed E-state index contributed by atoms with van der Waals surface area (Å²) in [5.41, 5.74) is 3.08. The first-order chi connectivity index (χ1) is 20.8. The van der Waals surface area contributed by atoms with Crippen LogP contribution in [0.1, 0.15) is 47.3 Å². The molecule has 2 aromatic heterocycles. The van der Waals surface area contributed by atoms with Crippen LogP contribution in [0, 0.1) is 11.6 Å². The summed E-state index contributed by atoms with van der Waals surface area (Å²) in [6.45, 7) is 1.14. The third-order valence-corrected chi connectivity index (χ3v) is 8.85. The highest BCUT2D eigenvalue weighted by Gasteiger charge is 2.31. The molecule has 2 heterocycles. The molecule has 1 saturated carbocycles. The van der Waals surface area contributed by atoms with Gasteiger partial charge in [-0.3, -0.25) is 9.78 Å². The fraction of sp³-hybridized carbons (Fsp3) is 0.344. The highest BCUT2D eigenvalue weighted by Crippen LogP contribution is 2.40. The number of amides is 2. The number of aromatic nitrogens is 1. The Morgan fingerprint density at radius 2 is 1.74 bits per heavy atom. The first-order valence-corrected chi connectivity index (χ1v) is 15.2. The van der Waals surface area contributed by atoms with Crippen molar-refractivity contribution in [2.24, 2.45) is 0 Å². The molecule has 0 bridgehead atoms. The topological polar surface area (TPSA) is 80.8 Å². The Morgan fingerprint density at radius 3 is 2.42 bits per heavy atom. The van der Waals surface area contributed by atoms with Gasteiger partial charge in [-0.15, -0.1) is 11.3 Å². The molecule has 1 N–H and O–H groups in total. The Balaban J connectivity index is 0.000000410. The van der Waals surface area contributed by atoms with E-state index in [4.69, 9.17) is 11.6 Å². The van der Waals surface area contributed by atoms with E-state index in [9.17, 15) is 18.4 Å². The molecule has 4 aromatic rings. The van der Waals surface area contributed by atoms with Gasteiger partial charge in [0.2, 0.25) is 0 Å². The molecule has 7 nitrogen and oxygen atoms in total. The van der Waals surface area contributed by atoms with Crippen LogP contribution < -0.4 is 5.32 Å². The van der Waals surface area contributed by atoms with Gasteiger partial charge in [0.1, 0.15) is 23.1 Å². The molecule has 1 fully saturated rings. The second kappa shape index (κ2) is 15.7. The smallest absolute Gasteiger partial charge is 0.406 e. The Kier molecular flexibility index (Phi) is 11.8. The molecule has 1 aliphatic rings. The molecule has 0 saturated heterocycles. The maximum Gasteiger partial charge on any atom is 0.406 e. The zero-order valence-corrected chi connectivity index (χ0v) is 25.6. The molecule has 2 amide bonds. The molecule has 0 atom stereocenters. The van der Waals surface area contributed by atoms with Crippen LogP contribution in [-0.2, 0) is 16.0 Å². The average molecular weight is 630 g/mol. The number of rotatable bonds is 8. The number of fused-ring (bicyclic) bond motifs is 1. The number of nitrogens with zero attached hydrogens (tertiary/aromatic N) is 2. The van der Waals surface area contributed by atoms with E-state index in [0.29, 0.717) is 19.8 Å². The van der Waals surface area contributed by atoms with Crippen LogP contribution in [0.3, 0.4) is 0 Å². The maximum absolute atomic E-state index is 14.4. The Bertz CT molecular complexity index is 1530. The molecule has 43 heavy (non-hydrogen) atoms. The summed E-state index contributed by atoms with van der Waals surface area (Å²) in [7, 11) is 3.06. The van der Waals surface area contributed by atoms with Gasteiger partial charge in [-0.25, -0.2) is 13.6 Å². The molecular weight excluding hydrogens is 596 g/mol. The zero-order valence-electron chi connectivity index (χ0n) is 24.1. The second-order valence-electron chi connectivity index (χ2n) is 10.0. The minimum absolute atomic E-state index is 0.00616. The number of benzene rings is 2. The fourth-order valence-corrected chi connectivity index (χ4v) is 6.51. The van der Waals surface area contributed by atoms with Gasteiger partial charge < -0.3 is 19.7 Å². The van der Waals surface area contributed by atoms with Crippen LogP contribution in [0.4, 0.5) is 13.6 Å². The van der Waals surface area contributed by atoms with Gasteiger partial charge in [0.15, 0.2) is 0 Å². The summed E-state index contributed by atoms with van der Waals surface area (Å²) in [6.07, 6.45) is 8.14. The molecule has 0 aliphatic heterocycles. The predicted octanol–water partition coefficient (Wildman–Crippen LogP) is 7.86. The third-order valence-electron chi connectivity index (χ3n) is 7.17. The molecule has 1 aliphatic carbocycles. The van der Waals surface area contributed by atoms with E-state index < -0.39 is 17.7 Å². The van der Waals surface area contributed by atoms with Crippen LogP contribution in [0.2, 0.25) is 5.02 Å². The Hall–Kier alpha value is -3.60. The SMILES string of the molecule is CNC(=O)OCCOC.O=C(c1sc2c(F)ccc(F)c2c1Cl)N(Cc1cccc(-c2ccncc2)c1)C1CCCCC1. The number of hydrogen-bond donors (Lipinski definition) is 1. The number of ether oxygens (including phenoxy) is 2. The number of methoxy groups -OCH3 is 1. The van der Waals surface area contributed by atoms with Gasteiger partial charge >= 0.3 is 6.09 Å². The summed E-state index contributed by atoms with van der Waals surface area (Å²) in [6, 6.07) is 14.2. The Morgan fingerprint density at radius 1 is 1.02 bits per heavy atom. The van der Waals surface area contributed by atoms with Crippen molar-refractivity contribution in [3.63, 3.8) is 0 Å². The minimum atomic E-state index is -0.619. The van der Waals surface area contributed by atoms with Crippen molar-refractivity contribution in [3.05, 3.63) is 88.0 Å². The fourth-order valence-electron chi connectivity index (χ4n) is 5.01.